The lowest BCUT2D eigenvalue weighted by molar-refractivity contribution is 1.28. The molecule has 42 heavy (non-hydrogen) atoms. The quantitative estimate of drug-likeness (QED) is 0.210. The van der Waals surface area contributed by atoms with Crippen LogP contribution in [0.2, 0.25) is 0 Å². The first-order valence-corrected chi connectivity index (χ1v) is 14.9. The average Bonchev–Trinajstić information content (AvgIpc) is 3.42. The van der Waals surface area contributed by atoms with Gasteiger partial charge in [-0.1, -0.05) is 91.0 Å². The largest absolute Gasteiger partial charge is 0.311 e. The van der Waals surface area contributed by atoms with Gasteiger partial charge in [0, 0.05) is 48.8 Å². The van der Waals surface area contributed by atoms with E-state index in [0.29, 0.717) is 0 Å². The van der Waals surface area contributed by atoms with E-state index in [0.717, 1.165) is 22.6 Å². The maximum atomic E-state index is 4.55. The fourth-order valence-corrected chi connectivity index (χ4v) is 6.94. The van der Waals surface area contributed by atoms with Gasteiger partial charge in [0.25, 0.3) is 0 Å². The highest BCUT2D eigenvalue weighted by Gasteiger charge is 2.14. The van der Waals surface area contributed by atoms with Crippen molar-refractivity contribution in [3.05, 3.63) is 158 Å². The second kappa shape index (κ2) is 10.3. The molecule has 0 amide bonds. The Morgan fingerprint density at radius 1 is 0.429 bits per heavy atom. The molecule has 0 aliphatic carbocycles. The van der Waals surface area contributed by atoms with Crippen LogP contribution in [-0.4, -0.2) is 4.98 Å². The van der Waals surface area contributed by atoms with Gasteiger partial charge in [-0.25, -0.2) is 0 Å². The highest BCUT2D eigenvalue weighted by Crippen LogP contribution is 2.40. The summed E-state index contributed by atoms with van der Waals surface area (Å²) < 4.78 is 2.58. The first-order chi connectivity index (χ1) is 20.8. The van der Waals surface area contributed by atoms with Gasteiger partial charge in [0.2, 0.25) is 0 Å². The van der Waals surface area contributed by atoms with Crippen molar-refractivity contribution in [1.29, 1.82) is 0 Å². The van der Waals surface area contributed by atoms with Gasteiger partial charge in [-0.3, -0.25) is 4.98 Å². The van der Waals surface area contributed by atoms with Crippen LogP contribution in [0.15, 0.2) is 158 Å². The van der Waals surface area contributed by atoms with Crippen LogP contribution in [0.25, 0.3) is 53.3 Å². The van der Waals surface area contributed by atoms with Crippen LogP contribution in [0.1, 0.15) is 0 Å². The molecule has 3 heteroatoms. The molecular formula is C39H26N2S. The molecule has 6 aromatic carbocycles. The second-order valence-electron chi connectivity index (χ2n) is 10.5. The first kappa shape index (κ1) is 24.5. The Labute approximate surface area is 248 Å². The van der Waals surface area contributed by atoms with E-state index < -0.39 is 0 Å². The number of thiophene rings is 1. The van der Waals surface area contributed by atoms with E-state index in [9.17, 15) is 0 Å². The normalized spacial score (nSPS) is 11.3. The van der Waals surface area contributed by atoms with Crippen LogP contribution >= 0.6 is 11.3 Å². The zero-order valence-corrected chi connectivity index (χ0v) is 23.6. The molecule has 0 unspecified atom stereocenters. The van der Waals surface area contributed by atoms with Crippen LogP contribution < -0.4 is 4.90 Å². The predicted molar refractivity (Wildman–Crippen MR) is 180 cm³/mol. The number of hydrogen-bond donors (Lipinski definition) is 0. The average molecular weight is 555 g/mol. The molecule has 0 aliphatic rings. The summed E-state index contributed by atoms with van der Waals surface area (Å²) in [5.41, 5.74) is 9.29. The minimum Gasteiger partial charge on any atom is -0.311 e. The summed E-state index contributed by atoms with van der Waals surface area (Å²) in [6.45, 7) is 0. The van der Waals surface area contributed by atoms with E-state index in [4.69, 9.17) is 0 Å². The number of hydrogen-bond acceptors (Lipinski definition) is 3. The van der Waals surface area contributed by atoms with Gasteiger partial charge in [0.15, 0.2) is 0 Å². The lowest BCUT2D eigenvalue weighted by Gasteiger charge is -2.26. The number of benzene rings is 6. The van der Waals surface area contributed by atoms with Crippen LogP contribution in [0, 0.1) is 0 Å². The van der Waals surface area contributed by atoms with Gasteiger partial charge >= 0.3 is 0 Å². The molecule has 0 bridgehead atoms. The van der Waals surface area contributed by atoms with E-state index in [1.165, 1.54) is 47.8 Å². The van der Waals surface area contributed by atoms with Crippen LogP contribution in [-0.2, 0) is 0 Å². The fourth-order valence-electron chi connectivity index (χ4n) is 5.78. The number of para-hydroxylation sites is 1. The van der Waals surface area contributed by atoms with Crippen LogP contribution in [0.3, 0.4) is 0 Å². The molecule has 0 aliphatic heterocycles. The van der Waals surface area contributed by atoms with Crippen molar-refractivity contribution in [1.82, 2.24) is 4.98 Å². The second-order valence-corrected chi connectivity index (χ2v) is 11.6. The summed E-state index contributed by atoms with van der Waals surface area (Å²) >= 11 is 1.84. The van der Waals surface area contributed by atoms with Crippen molar-refractivity contribution in [2.24, 2.45) is 0 Å². The highest BCUT2D eigenvalue weighted by atomic mass is 32.1. The maximum absolute atomic E-state index is 4.55. The summed E-state index contributed by atoms with van der Waals surface area (Å²) in [7, 11) is 0. The smallest absolute Gasteiger partial charge is 0.0716 e. The Balaban J connectivity index is 1.15. The first-order valence-electron chi connectivity index (χ1n) is 14.1. The predicted octanol–water partition coefficient (Wildman–Crippen LogP) is 11.4. The van der Waals surface area contributed by atoms with E-state index >= 15 is 0 Å². The standard InChI is InChI=1S/C39H26N2S/c1-3-8-27(9-4-1)28-13-18-33(19-14-28)41(32-11-5-2-6-12-32)34-20-15-29(16-21-34)30-17-22-35-36-24-31-10-7-23-40-37(31)26-39(36)42-38(35)25-30/h1-26H. The zero-order valence-electron chi connectivity index (χ0n) is 22.8. The number of pyridine rings is 1. The summed E-state index contributed by atoms with van der Waals surface area (Å²) in [5.74, 6) is 0. The molecule has 8 aromatic rings. The Morgan fingerprint density at radius 3 is 1.71 bits per heavy atom. The lowest BCUT2D eigenvalue weighted by atomic mass is 10.0. The molecule has 0 saturated heterocycles. The van der Waals surface area contributed by atoms with Gasteiger partial charge in [-0.2, -0.15) is 0 Å². The van der Waals surface area contributed by atoms with Gasteiger partial charge in [0.05, 0.1) is 5.52 Å². The van der Waals surface area contributed by atoms with E-state index in [-0.39, 0.29) is 0 Å². The topological polar surface area (TPSA) is 16.1 Å². The zero-order chi connectivity index (χ0) is 27.9. The molecule has 198 valence electrons. The molecule has 2 aromatic heterocycles. The molecular weight excluding hydrogens is 529 g/mol. The van der Waals surface area contributed by atoms with Gasteiger partial charge in [-0.15, -0.1) is 11.3 Å². The number of anilines is 3. The van der Waals surface area contributed by atoms with Crippen molar-refractivity contribution in [2.75, 3.05) is 4.90 Å². The number of aromatic nitrogens is 1. The molecule has 2 heterocycles. The van der Waals surface area contributed by atoms with E-state index in [1.807, 2.05) is 23.6 Å². The molecule has 0 saturated carbocycles. The molecule has 0 radical (unpaired) electrons. The third-order valence-electron chi connectivity index (χ3n) is 7.90. The van der Waals surface area contributed by atoms with Crippen LogP contribution in [0.4, 0.5) is 17.1 Å². The Hall–Kier alpha value is -5.25. The van der Waals surface area contributed by atoms with Gasteiger partial charge < -0.3 is 4.90 Å². The van der Waals surface area contributed by atoms with Crippen LogP contribution in [0.5, 0.6) is 0 Å². The fraction of sp³-hybridized carbons (Fsp3) is 0. The summed E-state index contributed by atoms with van der Waals surface area (Å²) in [5, 5.41) is 3.78. The Morgan fingerprint density at radius 2 is 1.00 bits per heavy atom. The van der Waals surface area contributed by atoms with Crippen molar-refractivity contribution in [2.45, 2.75) is 0 Å². The summed E-state index contributed by atoms with van der Waals surface area (Å²) in [4.78, 5) is 6.87. The third-order valence-corrected chi connectivity index (χ3v) is 9.02. The molecule has 0 atom stereocenters. The molecule has 0 N–H and O–H groups in total. The SMILES string of the molecule is c1ccc(-c2ccc(N(c3ccccc3)c3ccc(-c4ccc5c(c4)sc4cc6ncccc6cc45)cc3)cc2)cc1. The lowest BCUT2D eigenvalue weighted by Crippen LogP contribution is -2.09. The molecule has 2 nitrogen and oxygen atoms in total. The highest BCUT2D eigenvalue weighted by molar-refractivity contribution is 7.25. The molecule has 0 fully saturated rings. The van der Waals surface area contributed by atoms with Crippen molar-refractivity contribution < 1.29 is 0 Å². The monoisotopic (exact) mass is 554 g/mol. The number of rotatable bonds is 5. The van der Waals surface area contributed by atoms with Crippen molar-refractivity contribution >= 4 is 59.5 Å². The Kier molecular flexibility index (Phi) is 6.02. The van der Waals surface area contributed by atoms with Crippen molar-refractivity contribution in [3.8, 4) is 22.3 Å². The van der Waals surface area contributed by atoms with E-state index in [1.54, 1.807) is 0 Å². The molecule has 8 rings (SSSR count). The minimum atomic E-state index is 1.05. The number of fused-ring (bicyclic) bond motifs is 4. The molecule has 0 spiro atoms. The van der Waals surface area contributed by atoms with Gasteiger partial charge in [0.1, 0.15) is 0 Å². The van der Waals surface area contributed by atoms with Gasteiger partial charge in [-0.05, 0) is 82.9 Å². The summed E-state index contributed by atoms with van der Waals surface area (Å²) in [6.07, 6.45) is 1.86. The Bertz CT molecular complexity index is 2170. The summed E-state index contributed by atoms with van der Waals surface area (Å²) in [6, 6.07) is 54.3. The maximum Gasteiger partial charge on any atom is 0.0716 e. The minimum absolute atomic E-state index is 1.05. The number of nitrogens with zero attached hydrogens (tertiary/aromatic N) is 2. The van der Waals surface area contributed by atoms with E-state index in [2.05, 4.69) is 155 Å². The third kappa shape index (κ3) is 4.41. The van der Waals surface area contributed by atoms with Crippen molar-refractivity contribution in [3.63, 3.8) is 0 Å².